The molecule has 0 aliphatic rings. The quantitative estimate of drug-likeness (QED) is 0.596. The topological polar surface area (TPSA) is 27.1 Å². The SMILES string of the molecule is COCCCn1c(CCCl)nc2cc(F)ccc21. The smallest absolute Gasteiger partial charge is 0.125 e. The van der Waals surface area contributed by atoms with Crippen LogP contribution < -0.4 is 0 Å². The minimum Gasteiger partial charge on any atom is -0.385 e. The predicted molar refractivity (Wildman–Crippen MR) is 70.6 cm³/mol. The summed E-state index contributed by atoms with van der Waals surface area (Å²) >= 11 is 5.78. The molecular weight excluding hydrogens is 255 g/mol. The molecule has 0 bridgehead atoms. The number of nitrogens with zero attached hydrogens (tertiary/aromatic N) is 2. The molecule has 0 saturated heterocycles. The summed E-state index contributed by atoms with van der Waals surface area (Å²) < 4.78 is 20.3. The molecule has 2 rings (SSSR count). The van der Waals surface area contributed by atoms with Crippen molar-refractivity contribution in [3.05, 3.63) is 29.8 Å². The van der Waals surface area contributed by atoms with Gasteiger partial charge in [-0.15, -0.1) is 11.6 Å². The lowest BCUT2D eigenvalue weighted by Gasteiger charge is -2.07. The second-order valence-electron chi connectivity index (χ2n) is 4.10. The molecule has 18 heavy (non-hydrogen) atoms. The number of ether oxygens (including phenoxy) is 1. The summed E-state index contributed by atoms with van der Waals surface area (Å²) in [5.74, 6) is 1.15. The van der Waals surface area contributed by atoms with Crippen molar-refractivity contribution in [2.45, 2.75) is 19.4 Å². The van der Waals surface area contributed by atoms with Crippen molar-refractivity contribution >= 4 is 22.6 Å². The lowest BCUT2D eigenvalue weighted by molar-refractivity contribution is 0.190. The number of rotatable bonds is 6. The van der Waals surface area contributed by atoms with Crippen LogP contribution in [0.15, 0.2) is 18.2 Å². The van der Waals surface area contributed by atoms with Crippen LogP contribution in [0.5, 0.6) is 0 Å². The maximum Gasteiger partial charge on any atom is 0.125 e. The maximum atomic E-state index is 13.2. The van der Waals surface area contributed by atoms with Crippen LogP contribution in [-0.2, 0) is 17.7 Å². The van der Waals surface area contributed by atoms with Crippen molar-refractivity contribution in [1.82, 2.24) is 9.55 Å². The lowest BCUT2D eigenvalue weighted by atomic mass is 10.3. The number of aromatic nitrogens is 2. The van der Waals surface area contributed by atoms with Gasteiger partial charge in [-0.25, -0.2) is 9.37 Å². The third-order valence-electron chi connectivity index (χ3n) is 2.84. The molecule has 0 N–H and O–H groups in total. The van der Waals surface area contributed by atoms with E-state index in [-0.39, 0.29) is 5.82 Å². The van der Waals surface area contributed by atoms with Gasteiger partial charge >= 0.3 is 0 Å². The molecule has 0 radical (unpaired) electrons. The molecule has 0 unspecified atom stereocenters. The number of hydrogen-bond donors (Lipinski definition) is 0. The normalized spacial score (nSPS) is 11.3. The van der Waals surface area contributed by atoms with Crippen molar-refractivity contribution in [3.63, 3.8) is 0 Å². The van der Waals surface area contributed by atoms with Crippen LogP contribution in [-0.4, -0.2) is 29.1 Å². The first kappa shape index (κ1) is 13.3. The van der Waals surface area contributed by atoms with Gasteiger partial charge in [-0.3, -0.25) is 0 Å². The highest BCUT2D eigenvalue weighted by Gasteiger charge is 2.10. The zero-order valence-corrected chi connectivity index (χ0v) is 11.1. The number of fused-ring (bicyclic) bond motifs is 1. The van der Waals surface area contributed by atoms with Crippen LogP contribution in [0.4, 0.5) is 4.39 Å². The summed E-state index contributed by atoms with van der Waals surface area (Å²) in [7, 11) is 1.68. The van der Waals surface area contributed by atoms with Crippen molar-refractivity contribution in [3.8, 4) is 0 Å². The van der Waals surface area contributed by atoms with E-state index in [1.54, 1.807) is 13.2 Å². The number of imidazole rings is 1. The number of hydrogen-bond acceptors (Lipinski definition) is 2. The fourth-order valence-corrected chi connectivity index (χ4v) is 2.21. The Balaban J connectivity index is 2.35. The molecule has 3 nitrogen and oxygen atoms in total. The minimum atomic E-state index is -0.263. The van der Waals surface area contributed by atoms with Crippen molar-refractivity contribution in [2.24, 2.45) is 0 Å². The van der Waals surface area contributed by atoms with E-state index < -0.39 is 0 Å². The van der Waals surface area contributed by atoms with Crippen LogP contribution in [0.1, 0.15) is 12.2 Å². The molecule has 1 heterocycles. The number of aryl methyl sites for hydroxylation is 2. The van der Waals surface area contributed by atoms with Crippen molar-refractivity contribution in [2.75, 3.05) is 19.6 Å². The van der Waals surface area contributed by atoms with E-state index in [1.807, 2.05) is 0 Å². The molecule has 0 aliphatic carbocycles. The van der Waals surface area contributed by atoms with E-state index in [2.05, 4.69) is 9.55 Å². The molecule has 0 saturated carbocycles. The van der Waals surface area contributed by atoms with E-state index >= 15 is 0 Å². The minimum absolute atomic E-state index is 0.263. The van der Waals surface area contributed by atoms with Gasteiger partial charge < -0.3 is 9.30 Å². The third kappa shape index (κ3) is 2.82. The molecular formula is C13H16ClFN2O. The molecule has 1 aromatic heterocycles. The van der Waals surface area contributed by atoms with Gasteiger partial charge in [-0.1, -0.05) is 0 Å². The van der Waals surface area contributed by atoms with E-state index in [1.165, 1.54) is 12.1 Å². The number of halogens is 2. The Labute approximate surface area is 111 Å². The summed E-state index contributed by atoms with van der Waals surface area (Å²) in [6, 6.07) is 4.68. The second kappa shape index (κ2) is 6.16. The van der Waals surface area contributed by atoms with Crippen molar-refractivity contribution < 1.29 is 9.13 Å². The molecule has 2 aromatic rings. The van der Waals surface area contributed by atoms with Gasteiger partial charge in [0.15, 0.2) is 0 Å². The first-order chi connectivity index (χ1) is 8.76. The summed E-state index contributed by atoms with van der Waals surface area (Å²) in [5.41, 5.74) is 1.64. The van der Waals surface area contributed by atoms with Gasteiger partial charge in [0.1, 0.15) is 11.6 Å². The zero-order valence-electron chi connectivity index (χ0n) is 10.3. The fraction of sp³-hybridized carbons (Fsp3) is 0.462. The Morgan fingerprint density at radius 3 is 3.00 bits per heavy atom. The molecule has 0 amide bonds. The highest BCUT2D eigenvalue weighted by atomic mass is 35.5. The average Bonchev–Trinajstić information content (AvgIpc) is 2.67. The first-order valence-corrected chi connectivity index (χ1v) is 6.49. The van der Waals surface area contributed by atoms with Gasteiger partial charge in [-0.2, -0.15) is 0 Å². The monoisotopic (exact) mass is 270 g/mol. The maximum absolute atomic E-state index is 13.2. The van der Waals surface area contributed by atoms with Gasteiger partial charge in [0.25, 0.3) is 0 Å². The molecule has 98 valence electrons. The third-order valence-corrected chi connectivity index (χ3v) is 3.03. The largest absolute Gasteiger partial charge is 0.385 e. The molecule has 0 spiro atoms. The van der Waals surface area contributed by atoms with Crippen LogP contribution in [0.25, 0.3) is 11.0 Å². The van der Waals surface area contributed by atoms with Gasteiger partial charge in [0.2, 0.25) is 0 Å². The van der Waals surface area contributed by atoms with E-state index in [4.69, 9.17) is 16.3 Å². The van der Waals surface area contributed by atoms with Crippen molar-refractivity contribution in [1.29, 1.82) is 0 Å². The molecule has 1 aromatic carbocycles. The van der Waals surface area contributed by atoms with E-state index in [0.29, 0.717) is 24.4 Å². The number of benzene rings is 1. The summed E-state index contributed by atoms with van der Waals surface area (Å²) in [6.45, 7) is 1.50. The van der Waals surface area contributed by atoms with Gasteiger partial charge in [-0.05, 0) is 18.6 Å². The van der Waals surface area contributed by atoms with Crippen LogP contribution in [0.2, 0.25) is 0 Å². The highest BCUT2D eigenvalue weighted by molar-refractivity contribution is 6.17. The predicted octanol–water partition coefficient (Wildman–Crippen LogP) is 2.99. The summed E-state index contributed by atoms with van der Waals surface area (Å²) in [5, 5.41) is 0. The standard InChI is InChI=1S/C13H16ClFN2O/c1-18-8-2-7-17-12-4-3-10(15)9-11(12)16-13(17)5-6-14/h3-4,9H,2,5-8H2,1H3. The van der Waals surface area contributed by atoms with Crippen LogP contribution in [0.3, 0.4) is 0 Å². The Kier molecular flexibility index (Phi) is 4.55. The highest BCUT2D eigenvalue weighted by Crippen LogP contribution is 2.18. The summed E-state index contributed by atoms with van der Waals surface area (Å²) in [6.07, 6.45) is 1.58. The zero-order chi connectivity index (χ0) is 13.0. The summed E-state index contributed by atoms with van der Waals surface area (Å²) in [4.78, 5) is 4.44. The molecule has 0 aliphatic heterocycles. The van der Waals surface area contributed by atoms with Gasteiger partial charge in [0.05, 0.1) is 11.0 Å². The average molecular weight is 271 g/mol. The van der Waals surface area contributed by atoms with Crippen LogP contribution >= 0.6 is 11.6 Å². The molecule has 5 heteroatoms. The molecule has 0 atom stereocenters. The van der Waals surface area contributed by atoms with E-state index in [0.717, 1.165) is 24.3 Å². The lowest BCUT2D eigenvalue weighted by Crippen LogP contribution is -2.06. The second-order valence-corrected chi connectivity index (χ2v) is 4.48. The Bertz CT molecular complexity index is 527. The van der Waals surface area contributed by atoms with Crippen LogP contribution in [0, 0.1) is 5.82 Å². The Morgan fingerprint density at radius 2 is 2.28 bits per heavy atom. The van der Waals surface area contributed by atoms with Gasteiger partial charge in [0, 0.05) is 38.6 Å². The Hall–Kier alpha value is -1.13. The fourth-order valence-electron chi connectivity index (χ4n) is 2.04. The number of alkyl halides is 1. The molecule has 0 fully saturated rings. The Morgan fingerprint density at radius 1 is 1.44 bits per heavy atom. The van der Waals surface area contributed by atoms with E-state index in [9.17, 15) is 4.39 Å². The number of methoxy groups -OCH3 is 1. The first-order valence-electron chi connectivity index (χ1n) is 5.96.